The lowest BCUT2D eigenvalue weighted by Gasteiger charge is -2.29. The van der Waals surface area contributed by atoms with Gasteiger partial charge in [0, 0.05) is 13.1 Å². The van der Waals surface area contributed by atoms with E-state index in [1.165, 1.54) is 0 Å². The number of carboxylic acid groups (broad SMARTS) is 1. The minimum atomic E-state index is -0.663. The highest BCUT2D eigenvalue weighted by molar-refractivity contribution is 5.70. The van der Waals surface area contributed by atoms with Gasteiger partial charge < -0.3 is 10.0 Å². The third-order valence-electron chi connectivity index (χ3n) is 2.16. The van der Waals surface area contributed by atoms with Crippen LogP contribution in [-0.2, 0) is 4.79 Å². The van der Waals surface area contributed by atoms with Crippen molar-refractivity contribution in [2.75, 3.05) is 13.1 Å². The average Bonchev–Trinajstić information content (AvgIpc) is 2.05. The smallest absolute Gasteiger partial charge is 0.308 e. The highest BCUT2D eigenvalue weighted by Crippen LogP contribution is 2.16. The minimum absolute atomic E-state index is 0.171. The maximum Gasteiger partial charge on any atom is 0.308 e. The molecule has 1 heterocycles. The summed E-state index contributed by atoms with van der Waals surface area (Å²) in [5.41, 5.74) is 0. The van der Waals surface area contributed by atoms with Crippen LogP contribution in [0.1, 0.15) is 19.8 Å². The molecule has 1 rings (SSSR count). The monoisotopic (exact) mass is 169 g/mol. The second-order valence-electron chi connectivity index (χ2n) is 3.15. The molecule has 0 aromatic heterocycles. The average molecular weight is 169 g/mol. The Labute approximate surface area is 72.7 Å². The van der Waals surface area contributed by atoms with Gasteiger partial charge >= 0.3 is 5.97 Å². The van der Waals surface area contributed by atoms with Crippen molar-refractivity contribution in [2.24, 2.45) is 5.92 Å². The summed E-state index contributed by atoms with van der Waals surface area (Å²) in [6.07, 6.45) is 5.73. The molecule has 1 fully saturated rings. The lowest BCUT2D eigenvalue weighted by atomic mass is 9.99. The molecule has 0 aromatic carbocycles. The summed E-state index contributed by atoms with van der Waals surface area (Å²) in [5.74, 6) is -0.834. The van der Waals surface area contributed by atoms with E-state index in [0.29, 0.717) is 6.54 Å². The molecule has 3 heteroatoms. The molecule has 3 nitrogen and oxygen atoms in total. The third-order valence-corrected chi connectivity index (χ3v) is 2.16. The number of piperidine rings is 1. The Morgan fingerprint density at radius 1 is 1.67 bits per heavy atom. The van der Waals surface area contributed by atoms with Gasteiger partial charge in [0.2, 0.25) is 0 Å². The van der Waals surface area contributed by atoms with Crippen LogP contribution in [0.25, 0.3) is 0 Å². The number of rotatable bonds is 2. The van der Waals surface area contributed by atoms with Gasteiger partial charge in [-0.05, 0) is 26.0 Å². The summed E-state index contributed by atoms with van der Waals surface area (Å²) in [5, 5.41) is 8.77. The molecule has 0 aliphatic carbocycles. The van der Waals surface area contributed by atoms with E-state index in [0.717, 1.165) is 19.4 Å². The molecule has 0 bridgehead atoms. The van der Waals surface area contributed by atoms with E-state index < -0.39 is 5.97 Å². The van der Waals surface area contributed by atoms with Crippen molar-refractivity contribution < 1.29 is 9.90 Å². The van der Waals surface area contributed by atoms with Gasteiger partial charge in [0.05, 0.1) is 5.92 Å². The molecule has 1 atom stereocenters. The van der Waals surface area contributed by atoms with Gasteiger partial charge in [-0.2, -0.15) is 0 Å². The Morgan fingerprint density at radius 2 is 2.42 bits per heavy atom. The minimum Gasteiger partial charge on any atom is -0.481 e. The molecular formula is C9H15NO2. The summed E-state index contributed by atoms with van der Waals surface area (Å²) in [4.78, 5) is 12.7. The fraction of sp³-hybridized carbons (Fsp3) is 0.667. The van der Waals surface area contributed by atoms with Gasteiger partial charge in [-0.3, -0.25) is 4.79 Å². The topological polar surface area (TPSA) is 40.5 Å². The van der Waals surface area contributed by atoms with E-state index in [9.17, 15) is 4.79 Å². The van der Waals surface area contributed by atoms with Crippen LogP contribution >= 0.6 is 0 Å². The lowest BCUT2D eigenvalue weighted by molar-refractivity contribution is -0.143. The number of nitrogens with zero attached hydrogens (tertiary/aromatic N) is 1. The number of allylic oxidation sites excluding steroid dienone is 1. The van der Waals surface area contributed by atoms with E-state index in [-0.39, 0.29) is 5.92 Å². The Hall–Kier alpha value is -0.990. The fourth-order valence-corrected chi connectivity index (χ4v) is 1.55. The molecule has 1 saturated heterocycles. The molecule has 0 amide bonds. The zero-order chi connectivity index (χ0) is 8.97. The van der Waals surface area contributed by atoms with E-state index in [1.54, 1.807) is 0 Å². The fourth-order valence-electron chi connectivity index (χ4n) is 1.55. The molecule has 1 N–H and O–H groups in total. The molecular weight excluding hydrogens is 154 g/mol. The molecule has 0 radical (unpaired) electrons. The quantitative estimate of drug-likeness (QED) is 0.677. The highest BCUT2D eigenvalue weighted by atomic mass is 16.4. The molecule has 68 valence electrons. The van der Waals surface area contributed by atoms with Crippen molar-refractivity contribution in [3.63, 3.8) is 0 Å². The third kappa shape index (κ3) is 2.26. The van der Waals surface area contributed by atoms with Gasteiger partial charge in [0.1, 0.15) is 0 Å². The van der Waals surface area contributed by atoms with Crippen molar-refractivity contribution in [2.45, 2.75) is 19.8 Å². The summed E-state index contributed by atoms with van der Waals surface area (Å²) in [7, 11) is 0. The zero-order valence-electron chi connectivity index (χ0n) is 7.36. The number of likely N-dealkylation sites (tertiary alicyclic amines) is 1. The number of aliphatic carboxylic acids is 1. The molecule has 0 aromatic rings. The standard InChI is InChI=1S/C9H15NO2/c1-2-5-10-6-3-4-8(7-10)9(11)12/h2,5,8H,3-4,6-7H2,1H3,(H,11,12). The number of hydrogen-bond acceptors (Lipinski definition) is 2. The van der Waals surface area contributed by atoms with Gasteiger partial charge in [0.25, 0.3) is 0 Å². The van der Waals surface area contributed by atoms with E-state index in [4.69, 9.17) is 5.11 Å². The molecule has 1 aliphatic rings. The van der Waals surface area contributed by atoms with Gasteiger partial charge in [-0.1, -0.05) is 6.08 Å². The molecule has 1 aliphatic heterocycles. The maximum absolute atomic E-state index is 10.7. The highest BCUT2D eigenvalue weighted by Gasteiger charge is 2.23. The predicted octanol–water partition coefficient (Wildman–Crippen LogP) is 1.32. The van der Waals surface area contributed by atoms with Gasteiger partial charge in [-0.25, -0.2) is 0 Å². The van der Waals surface area contributed by atoms with Crippen LogP contribution in [-0.4, -0.2) is 29.1 Å². The van der Waals surface area contributed by atoms with E-state index in [1.807, 2.05) is 19.2 Å². The number of hydrogen-bond donors (Lipinski definition) is 1. The van der Waals surface area contributed by atoms with Crippen molar-refractivity contribution in [1.29, 1.82) is 0 Å². The first kappa shape index (κ1) is 9.10. The first-order valence-corrected chi connectivity index (χ1v) is 4.33. The normalized spacial score (nSPS) is 24.8. The van der Waals surface area contributed by atoms with E-state index >= 15 is 0 Å². The van der Waals surface area contributed by atoms with Crippen molar-refractivity contribution in [3.05, 3.63) is 12.3 Å². The van der Waals surface area contributed by atoms with Gasteiger partial charge in [-0.15, -0.1) is 0 Å². The van der Waals surface area contributed by atoms with Crippen molar-refractivity contribution in [1.82, 2.24) is 4.90 Å². The summed E-state index contributed by atoms with van der Waals surface area (Å²) in [6, 6.07) is 0. The summed E-state index contributed by atoms with van der Waals surface area (Å²) < 4.78 is 0. The summed E-state index contributed by atoms with van der Waals surface area (Å²) in [6.45, 7) is 3.61. The summed E-state index contributed by atoms with van der Waals surface area (Å²) >= 11 is 0. The van der Waals surface area contributed by atoms with Crippen molar-refractivity contribution in [3.8, 4) is 0 Å². The van der Waals surface area contributed by atoms with Crippen molar-refractivity contribution >= 4 is 5.97 Å². The van der Waals surface area contributed by atoms with Crippen LogP contribution in [0, 0.1) is 5.92 Å². The van der Waals surface area contributed by atoms with Crippen LogP contribution in [0.3, 0.4) is 0 Å². The molecule has 0 spiro atoms. The Bertz CT molecular complexity index is 189. The first-order chi connectivity index (χ1) is 5.74. The predicted molar refractivity (Wildman–Crippen MR) is 46.7 cm³/mol. The van der Waals surface area contributed by atoms with Crippen LogP contribution < -0.4 is 0 Å². The Kier molecular flexibility index (Phi) is 3.14. The zero-order valence-corrected chi connectivity index (χ0v) is 7.36. The Balaban J connectivity index is 2.45. The van der Waals surface area contributed by atoms with E-state index in [2.05, 4.69) is 4.90 Å². The maximum atomic E-state index is 10.7. The lowest BCUT2D eigenvalue weighted by Crippen LogP contribution is -2.35. The number of carboxylic acids is 1. The van der Waals surface area contributed by atoms with Gasteiger partial charge in [0.15, 0.2) is 0 Å². The first-order valence-electron chi connectivity index (χ1n) is 4.33. The van der Waals surface area contributed by atoms with Crippen LogP contribution in [0.2, 0.25) is 0 Å². The molecule has 0 saturated carbocycles. The number of carbonyl (C=O) groups is 1. The van der Waals surface area contributed by atoms with Crippen LogP contribution in [0.5, 0.6) is 0 Å². The largest absolute Gasteiger partial charge is 0.481 e. The SMILES string of the molecule is CC=CN1CCCC(C(=O)O)C1. The van der Waals surface area contributed by atoms with Crippen LogP contribution in [0.4, 0.5) is 0 Å². The molecule has 1 unspecified atom stereocenters. The second-order valence-corrected chi connectivity index (χ2v) is 3.15. The Morgan fingerprint density at radius 3 is 3.00 bits per heavy atom. The second kappa shape index (κ2) is 4.14. The van der Waals surface area contributed by atoms with Crippen LogP contribution in [0.15, 0.2) is 12.3 Å². The molecule has 12 heavy (non-hydrogen) atoms.